The maximum absolute atomic E-state index is 4.12. The Kier molecular flexibility index (Phi) is 1.46. The molecule has 0 aromatic carbocycles. The van der Waals surface area contributed by atoms with Crippen molar-refractivity contribution in [2.75, 3.05) is 0 Å². The molecule has 55 valence electrons. The second-order valence-electron chi connectivity index (χ2n) is 2.40. The Hall–Kier alpha value is -0.830. The van der Waals surface area contributed by atoms with Crippen molar-refractivity contribution < 1.29 is 0 Å². The van der Waals surface area contributed by atoms with Crippen LogP contribution in [-0.4, -0.2) is 9.55 Å². The molecule has 0 saturated carbocycles. The molecule has 0 unspecified atom stereocenters. The van der Waals surface area contributed by atoms with Gasteiger partial charge in [-0.2, -0.15) is 0 Å². The average molecular weight is 210 g/mol. The van der Waals surface area contributed by atoms with Crippen LogP contribution in [0.5, 0.6) is 0 Å². The minimum Gasteiger partial charge on any atom is -0.341 e. The number of nitrogens with zero attached hydrogens (tertiary/aromatic N) is 2. The first kappa shape index (κ1) is 6.85. The predicted octanol–water partition coefficient (Wildman–Crippen LogP) is 2.14. The van der Waals surface area contributed by atoms with E-state index in [0.29, 0.717) is 0 Å². The number of fused-ring (bicyclic) bond motifs is 1. The zero-order valence-corrected chi connectivity index (χ0v) is 7.59. The Labute approximate surface area is 73.0 Å². The van der Waals surface area contributed by atoms with Crippen molar-refractivity contribution in [3.05, 3.63) is 29.1 Å². The Morgan fingerprint density at radius 1 is 1.64 bits per heavy atom. The van der Waals surface area contributed by atoms with Crippen molar-refractivity contribution >= 4 is 26.8 Å². The fourth-order valence-corrected chi connectivity index (χ4v) is 1.42. The van der Waals surface area contributed by atoms with Crippen LogP contribution in [0, 0.1) is 6.20 Å². The highest BCUT2D eigenvalue weighted by atomic mass is 79.9. The van der Waals surface area contributed by atoms with E-state index in [1.54, 1.807) is 0 Å². The van der Waals surface area contributed by atoms with Crippen LogP contribution < -0.4 is 0 Å². The number of aryl methyl sites for hydroxylation is 1. The molecular weight excluding hydrogens is 204 g/mol. The molecule has 0 fully saturated rings. The minimum absolute atomic E-state index is 0.865. The Morgan fingerprint density at radius 3 is 3.27 bits per heavy atom. The molecule has 3 heteroatoms. The summed E-state index contributed by atoms with van der Waals surface area (Å²) in [6, 6.07) is 3.92. The highest BCUT2D eigenvalue weighted by Crippen LogP contribution is 2.16. The van der Waals surface area contributed by atoms with E-state index in [2.05, 4.69) is 27.1 Å². The second kappa shape index (κ2) is 2.34. The molecule has 0 aliphatic rings. The molecule has 2 heterocycles. The van der Waals surface area contributed by atoms with Gasteiger partial charge in [-0.1, -0.05) is 0 Å². The van der Waals surface area contributed by atoms with Crippen molar-refractivity contribution in [1.82, 2.24) is 9.55 Å². The normalized spacial score (nSPS) is 10.7. The molecule has 2 rings (SSSR count). The summed E-state index contributed by atoms with van der Waals surface area (Å²) in [6.07, 6.45) is 4.89. The molecule has 1 radical (unpaired) electrons. The maximum Gasteiger partial charge on any atom is 0.106 e. The van der Waals surface area contributed by atoms with Crippen molar-refractivity contribution in [1.29, 1.82) is 0 Å². The van der Waals surface area contributed by atoms with Gasteiger partial charge in [-0.15, -0.1) is 0 Å². The van der Waals surface area contributed by atoms with Gasteiger partial charge in [0.1, 0.15) is 4.60 Å². The van der Waals surface area contributed by atoms with Crippen LogP contribution in [0.2, 0.25) is 0 Å². The lowest BCUT2D eigenvalue weighted by Gasteiger charge is -1.93. The zero-order chi connectivity index (χ0) is 7.84. The predicted molar refractivity (Wildman–Crippen MR) is 47.3 cm³/mol. The van der Waals surface area contributed by atoms with Crippen LogP contribution in [0.1, 0.15) is 0 Å². The number of hydrogen-bond donors (Lipinski definition) is 0. The Bertz CT molecular complexity index is 392. The lowest BCUT2D eigenvalue weighted by molar-refractivity contribution is 0.955. The van der Waals surface area contributed by atoms with E-state index >= 15 is 0 Å². The van der Waals surface area contributed by atoms with Crippen LogP contribution in [0.4, 0.5) is 0 Å². The van der Waals surface area contributed by atoms with Gasteiger partial charge in [-0.05, 0) is 28.1 Å². The number of hydrogen-bond acceptors (Lipinski definition) is 1. The first-order chi connectivity index (χ1) is 5.27. The van der Waals surface area contributed by atoms with Gasteiger partial charge in [-0.3, -0.25) is 0 Å². The number of rotatable bonds is 0. The molecule has 2 aromatic rings. The first-order valence-electron chi connectivity index (χ1n) is 3.26. The van der Waals surface area contributed by atoms with Crippen molar-refractivity contribution in [2.45, 2.75) is 0 Å². The fourth-order valence-electron chi connectivity index (χ4n) is 1.07. The summed E-state index contributed by atoms with van der Waals surface area (Å²) in [4.78, 5) is 4.12. The van der Waals surface area contributed by atoms with Crippen molar-refractivity contribution in [3.8, 4) is 0 Å². The Morgan fingerprint density at radius 2 is 2.45 bits per heavy atom. The maximum atomic E-state index is 4.12. The molecule has 0 N–H and O–H groups in total. The van der Waals surface area contributed by atoms with E-state index in [1.807, 2.05) is 29.9 Å². The molecule has 0 saturated heterocycles. The number of pyridine rings is 1. The number of halogens is 1. The smallest absolute Gasteiger partial charge is 0.106 e. The van der Waals surface area contributed by atoms with Crippen LogP contribution in [-0.2, 0) is 7.05 Å². The van der Waals surface area contributed by atoms with E-state index in [9.17, 15) is 0 Å². The van der Waals surface area contributed by atoms with Gasteiger partial charge < -0.3 is 4.57 Å². The summed E-state index contributed by atoms with van der Waals surface area (Å²) >= 11 is 3.31. The fraction of sp³-hybridized carbons (Fsp3) is 0.125. The van der Waals surface area contributed by atoms with E-state index in [1.165, 1.54) is 0 Å². The summed E-state index contributed by atoms with van der Waals surface area (Å²) in [7, 11) is 1.96. The van der Waals surface area contributed by atoms with Gasteiger partial charge in [0.2, 0.25) is 0 Å². The SMILES string of the molecule is Cn1[c]cc2cc(Br)ncc21. The van der Waals surface area contributed by atoms with Gasteiger partial charge in [0, 0.05) is 12.4 Å². The standard InChI is InChI=1S/C8H6BrN2/c1-11-3-2-6-4-8(9)10-5-7(6)11/h2,4-5H,1H3. The van der Waals surface area contributed by atoms with Gasteiger partial charge >= 0.3 is 0 Å². The number of aromatic nitrogens is 2. The quantitative estimate of drug-likeness (QED) is 0.609. The van der Waals surface area contributed by atoms with Gasteiger partial charge in [0.25, 0.3) is 0 Å². The third kappa shape index (κ3) is 1.05. The van der Waals surface area contributed by atoms with Crippen LogP contribution in [0.25, 0.3) is 10.9 Å². The molecule has 0 aliphatic heterocycles. The first-order valence-corrected chi connectivity index (χ1v) is 4.05. The Balaban J connectivity index is 2.86. The molecule has 0 bridgehead atoms. The third-order valence-electron chi connectivity index (χ3n) is 1.66. The zero-order valence-electron chi connectivity index (χ0n) is 6.00. The summed E-state index contributed by atoms with van der Waals surface area (Å²) in [6.45, 7) is 0. The van der Waals surface area contributed by atoms with Crippen LogP contribution in [0.15, 0.2) is 22.9 Å². The van der Waals surface area contributed by atoms with Gasteiger partial charge in [0.05, 0.1) is 17.9 Å². The second-order valence-corrected chi connectivity index (χ2v) is 3.21. The van der Waals surface area contributed by atoms with Crippen molar-refractivity contribution in [2.24, 2.45) is 7.05 Å². The van der Waals surface area contributed by atoms with E-state index in [-0.39, 0.29) is 0 Å². The highest BCUT2D eigenvalue weighted by Gasteiger charge is 1.97. The largest absolute Gasteiger partial charge is 0.341 e. The third-order valence-corrected chi connectivity index (χ3v) is 2.09. The van der Waals surface area contributed by atoms with Gasteiger partial charge in [-0.25, -0.2) is 4.98 Å². The summed E-state index contributed by atoms with van der Waals surface area (Å²) in [5.74, 6) is 0. The summed E-state index contributed by atoms with van der Waals surface area (Å²) in [5.41, 5.74) is 1.10. The van der Waals surface area contributed by atoms with E-state index in [0.717, 1.165) is 15.5 Å². The lowest BCUT2D eigenvalue weighted by Crippen LogP contribution is -1.84. The van der Waals surface area contributed by atoms with Gasteiger partial charge in [0.15, 0.2) is 0 Å². The average Bonchev–Trinajstić information content (AvgIpc) is 2.32. The lowest BCUT2D eigenvalue weighted by atomic mass is 10.3. The highest BCUT2D eigenvalue weighted by molar-refractivity contribution is 9.10. The van der Waals surface area contributed by atoms with E-state index in [4.69, 9.17) is 0 Å². The molecule has 0 amide bonds. The molecule has 0 aliphatic carbocycles. The topological polar surface area (TPSA) is 17.8 Å². The summed E-state index contributed by atoms with van der Waals surface area (Å²) in [5, 5.41) is 1.16. The molecular formula is C8H6BrN2. The van der Waals surface area contributed by atoms with E-state index < -0.39 is 0 Å². The minimum atomic E-state index is 0.865. The molecule has 11 heavy (non-hydrogen) atoms. The van der Waals surface area contributed by atoms with Crippen LogP contribution in [0.3, 0.4) is 0 Å². The van der Waals surface area contributed by atoms with Crippen LogP contribution >= 0.6 is 15.9 Å². The molecule has 2 aromatic heterocycles. The summed E-state index contributed by atoms with van der Waals surface area (Å²) < 4.78 is 2.79. The monoisotopic (exact) mass is 209 g/mol. The molecule has 0 spiro atoms. The molecule has 2 nitrogen and oxygen atoms in total. The van der Waals surface area contributed by atoms with Crippen molar-refractivity contribution in [3.63, 3.8) is 0 Å². The molecule has 0 atom stereocenters.